The molecule has 4 N–H and O–H groups in total. The van der Waals surface area contributed by atoms with Crippen LogP contribution in [0.15, 0.2) is 85.1 Å². The molecule has 2 amide bonds. The zero-order valence-corrected chi connectivity index (χ0v) is 21.6. The van der Waals surface area contributed by atoms with Gasteiger partial charge in [-0.05, 0) is 104 Å². The lowest BCUT2D eigenvalue weighted by Crippen LogP contribution is -2.35. The van der Waals surface area contributed by atoms with Gasteiger partial charge in [0.25, 0.3) is 11.8 Å². The number of benzene rings is 3. The number of ketones is 1. The lowest BCUT2D eigenvalue weighted by molar-refractivity contribution is 0.101. The molecule has 3 aromatic carbocycles. The highest BCUT2D eigenvalue weighted by atomic mass is 16.3. The molecule has 0 spiro atoms. The molecule has 0 aliphatic carbocycles. The molecule has 1 aliphatic heterocycles. The molecule has 1 aliphatic rings. The number of aromatic nitrogens is 1. The van der Waals surface area contributed by atoms with Gasteiger partial charge >= 0.3 is 0 Å². The predicted molar refractivity (Wildman–Crippen MR) is 152 cm³/mol. The van der Waals surface area contributed by atoms with Crippen molar-refractivity contribution in [3.63, 3.8) is 0 Å². The SMILES string of the molecule is Cc1c[nH]c(C(=O)Nc2ccc(C(=O)c3ccc(NC(=O)c4ccc(N5CCC(O)CC5)cc4)cc3)cc2)c1. The normalized spacial score (nSPS) is 13.6. The van der Waals surface area contributed by atoms with Gasteiger partial charge in [0.2, 0.25) is 0 Å². The molecule has 1 aromatic heterocycles. The summed E-state index contributed by atoms with van der Waals surface area (Å²) in [5.74, 6) is -0.646. The monoisotopic (exact) mass is 522 g/mol. The van der Waals surface area contributed by atoms with Crippen molar-refractivity contribution in [1.29, 1.82) is 0 Å². The van der Waals surface area contributed by atoms with Crippen molar-refractivity contribution in [1.82, 2.24) is 4.98 Å². The third kappa shape index (κ3) is 6.25. The molecule has 8 heteroatoms. The summed E-state index contributed by atoms with van der Waals surface area (Å²) in [4.78, 5) is 43.1. The Bertz CT molecular complexity index is 1470. The number of aromatic amines is 1. The first-order valence-electron chi connectivity index (χ1n) is 12.9. The quantitative estimate of drug-likeness (QED) is 0.255. The lowest BCUT2D eigenvalue weighted by atomic mass is 10.0. The first-order chi connectivity index (χ1) is 18.9. The van der Waals surface area contributed by atoms with E-state index in [1.807, 2.05) is 19.1 Å². The van der Waals surface area contributed by atoms with Crippen LogP contribution in [0.4, 0.5) is 17.1 Å². The summed E-state index contributed by atoms with van der Waals surface area (Å²) in [5, 5.41) is 15.4. The number of anilines is 3. The minimum absolute atomic E-state index is 0.161. The fourth-order valence-electron chi connectivity index (χ4n) is 4.56. The molecular weight excluding hydrogens is 492 g/mol. The number of aliphatic hydroxyl groups excluding tert-OH is 1. The number of hydrogen-bond donors (Lipinski definition) is 4. The molecule has 0 atom stereocenters. The molecule has 0 saturated carbocycles. The fraction of sp³-hybridized carbons (Fsp3) is 0.194. The highest BCUT2D eigenvalue weighted by Gasteiger charge is 2.18. The van der Waals surface area contributed by atoms with Crippen LogP contribution in [0.5, 0.6) is 0 Å². The summed E-state index contributed by atoms with van der Waals surface area (Å²) in [6, 6.07) is 22.7. The molecule has 5 rings (SSSR count). The van der Waals surface area contributed by atoms with Crippen molar-refractivity contribution in [2.75, 3.05) is 28.6 Å². The molecular formula is C31H30N4O4. The van der Waals surface area contributed by atoms with E-state index in [4.69, 9.17) is 0 Å². The summed E-state index contributed by atoms with van der Waals surface area (Å²) in [5.41, 5.74) is 5.16. The number of hydrogen-bond acceptors (Lipinski definition) is 5. The second kappa shape index (κ2) is 11.4. The van der Waals surface area contributed by atoms with Crippen molar-refractivity contribution in [2.45, 2.75) is 25.9 Å². The van der Waals surface area contributed by atoms with E-state index < -0.39 is 0 Å². The standard InChI is InChI=1S/C31H30N4O4/c1-20-18-28(32-19-20)31(39)34-25-10-4-22(5-11-25)29(37)21-2-8-24(9-3-21)33-30(38)23-6-12-26(13-7-23)35-16-14-27(36)15-17-35/h2-13,18-19,27,32,36H,14-17H2,1H3,(H,33,38)(H,34,39). The molecule has 198 valence electrons. The molecule has 1 saturated heterocycles. The average Bonchev–Trinajstić information content (AvgIpc) is 3.40. The Labute approximate surface area is 226 Å². The average molecular weight is 523 g/mol. The number of rotatable bonds is 7. The van der Waals surface area contributed by atoms with Gasteiger partial charge in [0.15, 0.2) is 5.78 Å². The van der Waals surface area contributed by atoms with Crippen LogP contribution in [0.2, 0.25) is 0 Å². The molecule has 1 fully saturated rings. The van der Waals surface area contributed by atoms with E-state index in [1.165, 1.54) is 0 Å². The first kappa shape index (κ1) is 25.9. The van der Waals surface area contributed by atoms with Crippen LogP contribution in [0.1, 0.15) is 55.2 Å². The highest BCUT2D eigenvalue weighted by molar-refractivity contribution is 6.10. The van der Waals surface area contributed by atoms with Gasteiger partial charge in [-0.15, -0.1) is 0 Å². The van der Waals surface area contributed by atoms with Gasteiger partial charge in [-0.3, -0.25) is 14.4 Å². The minimum atomic E-state index is -0.251. The maximum absolute atomic E-state index is 12.9. The number of carbonyl (C=O) groups is 3. The molecule has 8 nitrogen and oxygen atoms in total. The van der Waals surface area contributed by atoms with Crippen molar-refractivity contribution in [2.24, 2.45) is 0 Å². The van der Waals surface area contributed by atoms with Crippen LogP contribution in [0, 0.1) is 6.92 Å². The maximum atomic E-state index is 12.9. The summed E-state index contributed by atoms with van der Waals surface area (Å²) in [6.07, 6.45) is 3.03. The maximum Gasteiger partial charge on any atom is 0.272 e. The number of aryl methyl sites for hydroxylation is 1. The van der Waals surface area contributed by atoms with Gasteiger partial charge in [0.05, 0.1) is 6.10 Å². The van der Waals surface area contributed by atoms with E-state index in [0.29, 0.717) is 33.8 Å². The fourth-order valence-corrected chi connectivity index (χ4v) is 4.56. The Hall–Kier alpha value is -4.69. The Kier molecular flexibility index (Phi) is 7.56. The number of amides is 2. The van der Waals surface area contributed by atoms with E-state index in [-0.39, 0.29) is 23.7 Å². The third-order valence-corrected chi connectivity index (χ3v) is 6.84. The summed E-state index contributed by atoms with van der Waals surface area (Å²) >= 11 is 0. The second-order valence-electron chi connectivity index (χ2n) is 9.75. The Morgan fingerprint density at radius 2 is 1.28 bits per heavy atom. The van der Waals surface area contributed by atoms with E-state index in [1.54, 1.807) is 72.9 Å². The van der Waals surface area contributed by atoms with Gasteiger partial charge in [-0.25, -0.2) is 0 Å². The second-order valence-corrected chi connectivity index (χ2v) is 9.75. The Morgan fingerprint density at radius 1 is 0.769 bits per heavy atom. The smallest absolute Gasteiger partial charge is 0.272 e. The summed E-state index contributed by atoms with van der Waals surface area (Å²) in [6.45, 7) is 3.50. The lowest BCUT2D eigenvalue weighted by Gasteiger charge is -2.31. The van der Waals surface area contributed by atoms with Crippen LogP contribution in [-0.4, -0.2) is 46.9 Å². The van der Waals surface area contributed by atoms with E-state index in [9.17, 15) is 19.5 Å². The number of carbonyl (C=O) groups excluding carboxylic acids is 3. The Balaban J connectivity index is 1.16. The van der Waals surface area contributed by atoms with Crippen LogP contribution in [0.25, 0.3) is 0 Å². The van der Waals surface area contributed by atoms with Crippen LogP contribution in [-0.2, 0) is 0 Å². The zero-order valence-electron chi connectivity index (χ0n) is 21.6. The predicted octanol–water partition coefficient (Wildman–Crippen LogP) is 5.02. The largest absolute Gasteiger partial charge is 0.393 e. The number of nitrogens with zero attached hydrogens (tertiary/aromatic N) is 1. The van der Waals surface area contributed by atoms with Crippen LogP contribution in [0.3, 0.4) is 0 Å². The van der Waals surface area contributed by atoms with E-state index >= 15 is 0 Å². The van der Waals surface area contributed by atoms with Crippen molar-refractivity contribution in [3.05, 3.63) is 113 Å². The number of nitrogens with one attached hydrogen (secondary N) is 3. The molecule has 4 aromatic rings. The van der Waals surface area contributed by atoms with Crippen molar-refractivity contribution in [3.8, 4) is 0 Å². The topological polar surface area (TPSA) is 115 Å². The summed E-state index contributed by atoms with van der Waals surface area (Å²) in [7, 11) is 0. The van der Waals surface area contributed by atoms with Gasteiger partial charge < -0.3 is 25.6 Å². The number of H-pyrrole nitrogens is 1. The van der Waals surface area contributed by atoms with Crippen molar-refractivity contribution >= 4 is 34.7 Å². The highest BCUT2D eigenvalue weighted by Crippen LogP contribution is 2.22. The molecule has 0 bridgehead atoms. The Morgan fingerprint density at radius 3 is 1.79 bits per heavy atom. The van der Waals surface area contributed by atoms with E-state index in [0.717, 1.165) is 37.2 Å². The molecule has 0 radical (unpaired) electrons. The molecule has 2 heterocycles. The van der Waals surface area contributed by atoms with Gasteiger partial charge in [0, 0.05) is 53.0 Å². The summed E-state index contributed by atoms with van der Waals surface area (Å²) < 4.78 is 0. The van der Waals surface area contributed by atoms with Crippen molar-refractivity contribution < 1.29 is 19.5 Å². The zero-order chi connectivity index (χ0) is 27.4. The van der Waals surface area contributed by atoms with E-state index in [2.05, 4.69) is 20.5 Å². The first-order valence-corrected chi connectivity index (χ1v) is 12.9. The number of piperidine rings is 1. The van der Waals surface area contributed by atoms with Gasteiger partial charge in [-0.1, -0.05) is 0 Å². The minimum Gasteiger partial charge on any atom is -0.393 e. The van der Waals surface area contributed by atoms with Crippen LogP contribution >= 0.6 is 0 Å². The van der Waals surface area contributed by atoms with Crippen LogP contribution < -0.4 is 15.5 Å². The molecule has 39 heavy (non-hydrogen) atoms. The third-order valence-electron chi connectivity index (χ3n) is 6.84. The van der Waals surface area contributed by atoms with Gasteiger partial charge in [-0.2, -0.15) is 0 Å². The molecule has 0 unspecified atom stereocenters. The van der Waals surface area contributed by atoms with Gasteiger partial charge in [0.1, 0.15) is 5.69 Å². The number of aliphatic hydroxyl groups is 1.